The predicted octanol–water partition coefficient (Wildman–Crippen LogP) is 5.32. The van der Waals surface area contributed by atoms with Crippen molar-refractivity contribution in [2.75, 3.05) is 0 Å². The largest absolute Gasteiger partial charge is 0.455 e. The van der Waals surface area contributed by atoms with Crippen molar-refractivity contribution in [2.45, 2.75) is 6.92 Å². The maximum absolute atomic E-state index is 13.7. The Morgan fingerprint density at radius 2 is 1.74 bits per heavy atom. The second-order valence-electron chi connectivity index (χ2n) is 6.81. The summed E-state index contributed by atoms with van der Waals surface area (Å²) in [6.45, 7) is 2.07. The van der Waals surface area contributed by atoms with Gasteiger partial charge in [0.25, 0.3) is 5.82 Å². The molecule has 0 aliphatic rings. The van der Waals surface area contributed by atoms with Gasteiger partial charge >= 0.3 is 0 Å². The van der Waals surface area contributed by atoms with E-state index in [-0.39, 0.29) is 5.82 Å². The van der Waals surface area contributed by atoms with Gasteiger partial charge in [-0.05, 0) is 36.8 Å². The van der Waals surface area contributed by atoms with Gasteiger partial charge in [0.2, 0.25) is 0 Å². The van der Waals surface area contributed by atoms with Crippen LogP contribution in [-0.2, 0) is 7.05 Å². The number of imidazole rings is 1. The summed E-state index contributed by atoms with van der Waals surface area (Å²) in [4.78, 5) is 0. The summed E-state index contributed by atoms with van der Waals surface area (Å²) in [6.07, 6.45) is 4.08. The first-order chi connectivity index (χ1) is 13.1. The van der Waals surface area contributed by atoms with Gasteiger partial charge in [0.05, 0.1) is 7.05 Å². The topological polar surface area (TPSA) is 21.9 Å². The maximum atomic E-state index is 13.7. The first-order valence-electron chi connectivity index (χ1n) is 8.87. The average molecular weight is 357 g/mol. The van der Waals surface area contributed by atoms with Crippen molar-refractivity contribution in [1.82, 2.24) is 4.57 Å². The van der Waals surface area contributed by atoms with E-state index in [1.807, 2.05) is 43.7 Å². The van der Waals surface area contributed by atoms with Crippen LogP contribution in [0.15, 0.2) is 77.5 Å². The lowest BCUT2D eigenvalue weighted by molar-refractivity contribution is -0.659. The van der Waals surface area contributed by atoms with Crippen LogP contribution in [0.25, 0.3) is 39.0 Å². The molecule has 5 aromatic rings. The number of aryl methyl sites for hydroxylation is 2. The number of aromatic nitrogens is 2. The smallest absolute Gasteiger partial charge is 0.297 e. The van der Waals surface area contributed by atoms with E-state index >= 15 is 0 Å². The van der Waals surface area contributed by atoms with E-state index in [2.05, 4.69) is 34.3 Å². The van der Waals surface area contributed by atoms with Crippen molar-refractivity contribution in [3.8, 4) is 17.1 Å². The van der Waals surface area contributed by atoms with Crippen molar-refractivity contribution < 1.29 is 13.4 Å². The van der Waals surface area contributed by atoms with Crippen LogP contribution in [0.3, 0.4) is 0 Å². The zero-order valence-electron chi connectivity index (χ0n) is 15.1. The van der Waals surface area contributed by atoms with Crippen molar-refractivity contribution >= 4 is 21.9 Å². The van der Waals surface area contributed by atoms with Crippen LogP contribution < -0.4 is 4.57 Å². The monoisotopic (exact) mass is 357 g/mol. The van der Waals surface area contributed by atoms with E-state index < -0.39 is 0 Å². The number of benzene rings is 3. The van der Waals surface area contributed by atoms with Gasteiger partial charge in [-0.15, -0.1) is 0 Å². The first kappa shape index (κ1) is 15.8. The minimum absolute atomic E-state index is 0.293. The fourth-order valence-electron chi connectivity index (χ4n) is 3.76. The Morgan fingerprint density at radius 3 is 2.56 bits per heavy atom. The van der Waals surface area contributed by atoms with Crippen LogP contribution in [0.4, 0.5) is 4.39 Å². The third-order valence-corrected chi connectivity index (χ3v) is 5.07. The summed E-state index contributed by atoms with van der Waals surface area (Å²) in [5.41, 5.74) is 4.54. The molecule has 0 spiro atoms. The van der Waals surface area contributed by atoms with Gasteiger partial charge in [0.15, 0.2) is 5.58 Å². The van der Waals surface area contributed by atoms with Crippen LogP contribution in [0, 0.1) is 12.7 Å². The molecule has 0 aliphatic carbocycles. The third kappa shape index (κ3) is 2.37. The lowest BCUT2D eigenvalue weighted by Gasteiger charge is -2.07. The molecule has 3 aromatic carbocycles. The average Bonchev–Trinajstić information content (AvgIpc) is 3.22. The number of hydrogen-bond acceptors (Lipinski definition) is 1. The molecule has 132 valence electrons. The van der Waals surface area contributed by atoms with Gasteiger partial charge in [-0.25, -0.2) is 8.96 Å². The summed E-state index contributed by atoms with van der Waals surface area (Å²) in [5.74, 6) is 0.724. The normalized spacial score (nSPS) is 11.5. The fraction of sp³-hybridized carbons (Fsp3) is 0.0870. The molecule has 4 heteroatoms. The number of rotatable bonds is 2. The van der Waals surface area contributed by atoms with Gasteiger partial charge in [-0.3, -0.25) is 0 Å². The highest BCUT2D eigenvalue weighted by molar-refractivity contribution is 6.09. The van der Waals surface area contributed by atoms with Crippen LogP contribution in [0.2, 0.25) is 0 Å². The Bertz CT molecular complexity index is 1300. The molecule has 3 nitrogen and oxygen atoms in total. The number of furan rings is 1. The number of nitrogens with zero attached hydrogens (tertiary/aromatic N) is 2. The fourth-order valence-corrected chi connectivity index (χ4v) is 3.76. The Morgan fingerprint density at radius 1 is 0.963 bits per heavy atom. The lowest BCUT2D eigenvalue weighted by Crippen LogP contribution is -2.29. The number of hydrogen-bond donors (Lipinski definition) is 0. The zero-order chi connectivity index (χ0) is 18.5. The molecule has 0 radical (unpaired) electrons. The molecule has 0 atom stereocenters. The van der Waals surface area contributed by atoms with Crippen molar-refractivity contribution in [1.29, 1.82) is 0 Å². The summed E-state index contributed by atoms with van der Waals surface area (Å²) in [7, 11) is 2.02. The molecule has 0 unspecified atom stereocenters. The molecule has 0 saturated carbocycles. The highest BCUT2D eigenvalue weighted by Crippen LogP contribution is 2.37. The van der Waals surface area contributed by atoms with Crippen molar-refractivity contribution in [2.24, 2.45) is 7.05 Å². The maximum Gasteiger partial charge on any atom is 0.297 e. The van der Waals surface area contributed by atoms with Gasteiger partial charge in [-0.2, -0.15) is 4.57 Å². The standard InChI is InChI=1S/C23H18FN2O/c1-15-8-10-19-18-11-9-16(24)14-20(18)27-22(19)21(15)23-25(2)12-13-26(23)17-6-4-3-5-7-17/h3-14H,1-2H3/q+1. The summed E-state index contributed by atoms with van der Waals surface area (Å²) >= 11 is 0. The minimum atomic E-state index is -0.293. The quantitative estimate of drug-likeness (QED) is 0.392. The van der Waals surface area contributed by atoms with Gasteiger partial charge in [-0.1, -0.05) is 30.3 Å². The van der Waals surface area contributed by atoms with Crippen LogP contribution in [0.5, 0.6) is 0 Å². The number of para-hydroxylation sites is 1. The summed E-state index contributed by atoms with van der Waals surface area (Å²) in [5, 5.41) is 1.92. The molecule has 2 aromatic heterocycles. The molecule has 27 heavy (non-hydrogen) atoms. The molecule has 0 N–H and O–H groups in total. The molecule has 0 saturated heterocycles. The zero-order valence-corrected chi connectivity index (χ0v) is 15.1. The van der Waals surface area contributed by atoms with Gasteiger partial charge in [0.1, 0.15) is 35.0 Å². The van der Waals surface area contributed by atoms with Gasteiger partial charge < -0.3 is 4.42 Å². The summed E-state index contributed by atoms with van der Waals surface area (Å²) < 4.78 is 24.1. The summed E-state index contributed by atoms with van der Waals surface area (Å²) in [6, 6.07) is 19.1. The Kier molecular flexibility index (Phi) is 3.41. The molecule has 0 bridgehead atoms. The lowest BCUT2D eigenvalue weighted by atomic mass is 10.0. The van der Waals surface area contributed by atoms with E-state index in [1.54, 1.807) is 6.07 Å². The van der Waals surface area contributed by atoms with E-state index in [0.29, 0.717) is 5.58 Å². The third-order valence-electron chi connectivity index (χ3n) is 5.07. The SMILES string of the molecule is Cc1ccc2c(oc3cc(F)ccc32)c1-c1n(-c2ccccc2)cc[n+]1C. The Labute approximate surface area is 155 Å². The second-order valence-corrected chi connectivity index (χ2v) is 6.81. The van der Waals surface area contributed by atoms with Crippen LogP contribution >= 0.6 is 0 Å². The molecule has 0 fully saturated rings. The molecule has 2 heterocycles. The number of fused-ring (bicyclic) bond motifs is 3. The minimum Gasteiger partial charge on any atom is -0.455 e. The molecular formula is C23H18FN2O+. The number of halogens is 1. The molecule has 5 rings (SSSR count). The van der Waals surface area contributed by atoms with E-state index in [0.717, 1.165) is 39.0 Å². The predicted molar refractivity (Wildman–Crippen MR) is 104 cm³/mol. The molecule has 0 amide bonds. The second kappa shape index (κ2) is 5.81. The van der Waals surface area contributed by atoms with Gasteiger partial charge in [0, 0.05) is 16.8 Å². The van der Waals surface area contributed by atoms with Crippen molar-refractivity contribution in [3.63, 3.8) is 0 Å². The highest BCUT2D eigenvalue weighted by atomic mass is 19.1. The first-order valence-corrected chi connectivity index (χ1v) is 8.87. The Hall–Kier alpha value is -3.40. The molecule has 0 aliphatic heterocycles. The highest BCUT2D eigenvalue weighted by Gasteiger charge is 2.25. The Balaban J connectivity index is 1.88. The van der Waals surface area contributed by atoms with E-state index in [9.17, 15) is 4.39 Å². The van der Waals surface area contributed by atoms with Crippen molar-refractivity contribution in [3.05, 3.63) is 84.4 Å². The van der Waals surface area contributed by atoms with Crippen LogP contribution in [0.1, 0.15) is 5.56 Å². The van der Waals surface area contributed by atoms with E-state index in [4.69, 9.17) is 4.42 Å². The van der Waals surface area contributed by atoms with E-state index in [1.165, 1.54) is 12.1 Å². The van der Waals surface area contributed by atoms with Crippen LogP contribution in [-0.4, -0.2) is 4.57 Å². The molecular weight excluding hydrogens is 339 g/mol.